The Bertz CT molecular complexity index is 1290. The average molecular weight is 438 g/mol. The number of carbonyl (C=O) groups is 1. The Balaban J connectivity index is 1.44. The second kappa shape index (κ2) is 8.92. The van der Waals surface area contributed by atoms with E-state index in [2.05, 4.69) is 57.5 Å². The molecule has 33 heavy (non-hydrogen) atoms. The number of carbonyl (C=O) groups excluding carboxylic acids is 1. The summed E-state index contributed by atoms with van der Waals surface area (Å²) < 4.78 is 0. The molecule has 0 radical (unpaired) electrons. The summed E-state index contributed by atoms with van der Waals surface area (Å²) in [5.41, 5.74) is 12.0. The molecule has 2 heterocycles. The lowest BCUT2D eigenvalue weighted by Crippen LogP contribution is -2.44. The molecule has 1 fully saturated rings. The molecular weight excluding hydrogens is 410 g/mol. The van der Waals surface area contributed by atoms with E-state index in [1.54, 1.807) is 12.3 Å². The summed E-state index contributed by atoms with van der Waals surface area (Å²) in [5.74, 6) is -0.435. The van der Waals surface area contributed by atoms with E-state index in [0.29, 0.717) is 5.56 Å². The van der Waals surface area contributed by atoms with Gasteiger partial charge in [-0.1, -0.05) is 24.3 Å². The zero-order chi connectivity index (χ0) is 22.8. The molecule has 0 bridgehead atoms. The number of primary amides is 1. The summed E-state index contributed by atoms with van der Waals surface area (Å²) in [5, 5.41) is 4.53. The summed E-state index contributed by atoms with van der Waals surface area (Å²) in [6, 6.07) is 24.0. The number of amides is 1. The molecule has 0 atom stereocenters. The van der Waals surface area contributed by atoms with Crippen LogP contribution in [-0.2, 0) is 0 Å². The number of pyridine rings is 1. The summed E-state index contributed by atoms with van der Waals surface area (Å²) in [6.07, 6.45) is 1.81. The largest absolute Gasteiger partial charge is 0.369 e. The highest BCUT2D eigenvalue weighted by Crippen LogP contribution is 2.31. The van der Waals surface area contributed by atoms with Crippen molar-refractivity contribution < 1.29 is 4.79 Å². The molecule has 0 aliphatic carbocycles. The second-order valence-corrected chi connectivity index (χ2v) is 8.46. The van der Waals surface area contributed by atoms with E-state index >= 15 is 0 Å². The lowest BCUT2D eigenvalue weighted by molar-refractivity contribution is 0.100. The van der Waals surface area contributed by atoms with Gasteiger partial charge in [0.2, 0.25) is 5.91 Å². The molecule has 0 unspecified atom stereocenters. The Morgan fingerprint density at radius 1 is 0.939 bits per heavy atom. The lowest BCUT2D eigenvalue weighted by Gasteiger charge is -2.34. The van der Waals surface area contributed by atoms with Crippen molar-refractivity contribution in [1.82, 2.24) is 9.88 Å². The van der Waals surface area contributed by atoms with Gasteiger partial charge in [0, 0.05) is 60.4 Å². The predicted octanol–water partition coefficient (Wildman–Crippen LogP) is 4.50. The smallest absolute Gasteiger partial charge is 0.249 e. The Labute approximate surface area is 193 Å². The van der Waals surface area contributed by atoms with Crippen LogP contribution in [0.15, 0.2) is 79.0 Å². The van der Waals surface area contributed by atoms with Gasteiger partial charge in [-0.25, -0.2) is 0 Å². The van der Waals surface area contributed by atoms with Gasteiger partial charge in [-0.3, -0.25) is 9.78 Å². The van der Waals surface area contributed by atoms with Crippen LogP contribution < -0.4 is 16.0 Å². The molecule has 5 rings (SSSR count). The second-order valence-electron chi connectivity index (χ2n) is 8.46. The van der Waals surface area contributed by atoms with Crippen molar-refractivity contribution in [3.8, 4) is 11.1 Å². The third kappa shape index (κ3) is 4.38. The molecule has 0 spiro atoms. The Kier molecular flexibility index (Phi) is 5.67. The van der Waals surface area contributed by atoms with Crippen LogP contribution in [0.3, 0.4) is 0 Å². The first-order chi connectivity index (χ1) is 16.1. The fourth-order valence-electron chi connectivity index (χ4n) is 4.35. The number of rotatable bonds is 5. The fourth-order valence-corrected chi connectivity index (χ4v) is 4.35. The molecule has 1 aromatic heterocycles. The van der Waals surface area contributed by atoms with E-state index in [0.717, 1.165) is 59.6 Å². The van der Waals surface area contributed by atoms with Crippen LogP contribution in [-0.4, -0.2) is 49.0 Å². The van der Waals surface area contributed by atoms with Crippen molar-refractivity contribution in [2.45, 2.75) is 0 Å². The van der Waals surface area contributed by atoms with E-state index in [-0.39, 0.29) is 0 Å². The molecule has 0 saturated carbocycles. The molecule has 1 saturated heterocycles. The number of hydrogen-bond donors (Lipinski definition) is 2. The first-order valence-electron chi connectivity index (χ1n) is 11.2. The van der Waals surface area contributed by atoms with Gasteiger partial charge in [0.25, 0.3) is 0 Å². The van der Waals surface area contributed by atoms with Gasteiger partial charge in [0.05, 0.1) is 5.52 Å². The normalized spacial score (nSPS) is 14.4. The topological polar surface area (TPSA) is 74.5 Å². The van der Waals surface area contributed by atoms with Crippen LogP contribution in [0.2, 0.25) is 0 Å². The monoisotopic (exact) mass is 437 g/mol. The maximum Gasteiger partial charge on any atom is 0.249 e. The van der Waals surface area contributed by atoms with Gasteiger partial charge in [-0.05, 0) is 66.7 Å². The Morgan fingerprint density at radius 2 is 1.70 bits per heavy atom. The summed E-state index contributed by atoms with van der Waals surface area (Å²) in [7, 11) is 2.17. The van der Waals surface area contributed by atoms with Crippen molar-refractivity contribution >= 4 is 33.9 Å². The first kappa shape index (κ1) is 21.0. The highest BCUT2D eigenvalue weighted by atomic mass is 16.1. The molecule has 1 amide bonds. The Morgan fingerprint density at radius 3 is 2.45 bits per heavy atom. The highest BCUT2D eigenvalue weighted by Gasteiger charge is 2.14. The number of benzene rings is 3. The molecule has 166 valence electrons. The lowest BCUT2D eigenvalue weighted by atomic mass is 9.97. The zero-order valence-corrected chi connectivity index (χ0v) is 18.7. The zero-order valence-electron chi connectivity index (χ0n) is 18.7. The van der Waals surface area contributed by atoms with E-state index in [1.165, 1.54) is 5.69 Å². The van der Waals surface area contributed by atoms with Gasteiger partial charge < -0.3 is 20.9 Å². The van der Waals surface area contributed by atoms with Crippen LogP contribution in [0.4, 0.5) is 17.1 Å². The number of nitrogens with one attached hydrogen (secondary N) is 1. The number of aromatic nitrogens is 1. The van der Waals surface area contributed by atoms with Crippen molar-refractivity contribution in [1.29, 1.82) is 0 Å². The number of anilines is 3. The summed E-state index contributed by atoms with van der Waals surface area (Å²) in [6.45, 7) is 4.27. The molecular formula is C27H27N5O. The van der Waals surface area contributed by atoms with Crippen LogP contribution in [0.1, 0.15) is 10.4 Å². The van der Waals surface area contributed by atoms with Crippen LogP contribution in [0.25, 0.3) is 22.0 Å². The summed E-state index contributed by atoms with van der Waals surface area (Å²) >= 11 is 0. The van der Waals surface area contributed by atoms with Gasteiger partial charge in [0.1, 0.15) is 0 Å². The van der Waals surface area contributed by atoms with Crippen molar-refractivity contribution in [2.75, 3.05) is 43.4 Å². The van der Waals surface area contributed by atoms with Crippen molar-refractivity contribution in [3.63, 3.8) is 0 Å². The number of likely N-dealkylation sites (N-methyl/N-ethyl adjacent to an activating group) is 1. The molecule has 3 N–H and O–H groups in total. The number of piperazine rings is 1. The molecule has 1 aliphatic heterocycles. The minimum atomic E-state index is -0.435. The van der Waals surface area contributed by atoms with Crippen molar-refractivity contribution in [2.24, 2.45) is 5.73 Å². The van der Waals surface area contributed by atoms with Gasteiger partial charge in [0.15, 0.2) is 0 Å². The van der Waals surface area contributed by atoms with E-state index < -0.39 is 5.91 Å². The highest BCUT2D eigenvalue weighted by molar-refractivity contribution is 6.02. The van der Waals surface area contributed by atoms with Gasteiger partial charge in [-0.2, -0.15) is 0 Å². The molecule has 6 nitrogen and oxygen atoms in total. The summed E-state index contributed by atoms with van der Waals surface area (Å²) in [4.78, 5) is 21.2. The van der Waals surface area contributed by atoms with Gasteiger partial charge in [-0.15, -0.1) is 0 Å². The quantitative estimate of drug-likeness (QED) is 0.481. The maximum atomic E-state index is 11.9. The van der Waals surface area contributed by atoms with E-state index in [4.69, 9.17) is 5.73 Å². The third-order valence-corrected chi connectivity index (χ3v) is 6.26. The van der Waals surface area contributed by atoms with Crippen molar-refractivity contribution in [3.05, 3.63) is 84.6 Å². The number of nitrogens with zero attached hydrogens (tertiary/aromatic N) is 3. The SMILES string of the molecule is CN1CCN(c2ccc(Nc3ccnc4ccc(-c5ccccc5C(N)=O)cc34)cc2)CC1. The standard InChI is InChI=1S/C27H27N5O/c1-31-14-16-32(17-15-31)21-9-7-20(8-10-21)30-26-12-13-29-25-11-6-19(18-24(25)26)22-4-2-3-5-23(22)27(28)33/h2-13,18H,14-17H2,1H3,(H2,28,33)(H,29,30). The first-order valence-corrected chi connectivity index (χ1v) is 11.2. The minimum Gasteiger partial charge on any atom is -0.369 e. The van der Waals surface area contributed by atoms with Crippen LogP contribution >= 0.6 is 0 Å². The Hall–Kier alpha value is -3.90. The number of nitrogens with two attached hydrogens (primary N) is 1. The maximum absolute atomic E-state index is 11.9. The fraction of sp³-hybridized carbons (Fsp3) is 0.185. The molecule has 3 aromatic carbocycles. The van der Waals surface area contributed by atoms with E-state index in [9.17, 15) is 4.79 Å². The molecule has 1 aliphatic rings. The van der Waals surface area contributed by atoms with Crippen LogP contribution in [0.5, 0.6) is 0 Å². The van der Waals surface area contributed by atoms with Crippen LogP contribution in [0, 0.1) is 0 Å². The predicted molar refractivity (Wildman–Crippen MR) is 135 cm³/mol. The van der Waals surface area contributed by atoms with E-state index in [1.807, 2.05) is 36.4 Å². The van der Waals surface area contributed by atoms with Gasteiger partial charge >= 0.3 is 0 Å². The third-order valence-electron chi connectivity index (χ3n) is 6.26. The minimum absolute atomic E-state index is 0.435. The number of fused-ring (bicyclic) bond motifs is 1. The average Bonchev–Trinajstić information content (AvgIpc) is 2.85. The molecule has 4 aromatic rings. The molecule has 6 heteroatoms. The number of hydrogen-bond acceptors (Lipinski definition) is 5.